The molecule has 1 aromatic carbocycles. The van der Waals surface area contributed by atoms with Gasteiger partial charge in [0, 0.05) is 16.2 Å². The zero-order chi connectivity index (χ0) is 17.5. The molecule has 0 spiro atoms. The van der Waals surface area contributed by atoms with Gasteiger partial charge in [-0.2, -0.15) is 0 Å². The van der Waals surface area contributed by atoms with Gasteiger partial charge in [-0.05, 0) is 11.6 Å². The van der Waals surface area contributed by atoms with Crippen LogP contribution in [0.25, 0.3) is 0 Å². The van der Waals surface area contributed by atoms with Crippen LogP contribution in [0.15, 0.2) is 23.1 Å². The van der Waals surface area contributed by atoms with E-state index >= 15 is 0 Å². The van der Waals surface area contributed by atoms with Gasteiger partial charge in [0.1, 0.15) is 0 Å². The van der Waals surface area contributed by atoms with Gasteiger partial charge in [-0.25, -0.2) is 8.42 Å². The zero-order valence-corrected chi connectivity index (χ0v) is 18.4. The van der Waals surface area contributed by atoms with Crippen LogP contribution in [-0.2, 0) is 17.7 Å². The summed E-state index contributed by atoms with van der Waals surface area (Å²) >= 11 is 36.6. The van der Waals surface area contributed by atoms with Crippen LogP contribution in [0.3, 0.4) is 0 Å². The van der Waals surface area contributed by atoms with E-state index in [0.717, 1.165) is 0 Å². The van der Waals surface area contributed by atoms with E-state index in [2.05, 4.69) is 20.5 Å². The van der Waals surface area contributed by atoms with Crippen molar-refractivity contribution in [2.24, 2.45) is 0 Å². The molecule has 0 N–H and O–H groups in total. The van der Waals surface area contributed by atoms with Gasteiger partial charge >= 0.3 is 0 Å². The summed E-state index contributed by atoms with van der Waals surface area (Å²) < 4.78 is 20.0. The third-order valence-electron chi connectivity index (χ3n) is 2.62. The fourth-order valence-corrected chi connectivity index (χ4v) is 4.12. The third-order valence-corrected chi connectivity index (χ3v) is 8.34. The van der Waals surface area contributed by atoms with Gasteiger partial charge in [0.25, 0.3) is 9.05 Å². The van der Waals surface area contributed by atoms with E-state index in [-0.39, 0.29) is 16.0 Å². The summed E-state index contributed by atoms with van der Waals surface area (Å²) in [6.45, 7) is 0. The van der Waals surface area contributed by atoms with Crippen LogP contribution in [0.4, 0.5) is 0 Å². The molecular weight excluding hydrogens is 489 g/mol. The lowest BCUT2D eigenvalue weighted by Gasteiger charge is -2.32. The van der Waals surface area contributed by atoms with Crippen molar-refractivity contribution in [2.75, 3.05) is 0 Å². The van der Waals surface area contributed by atoms with E-state index < -0.39 is 27.7 Å². The quantitative estimate of drug-likeness (QED) is 0.348. The van der Waals surface area contributed by atoms with Gasteiger partial charge in [-0.15, -0.1) is 23.2 Å². The molecule has 1 rings (SSSR count). The summed E-state index contributed by atoms with van der Waals surface area (Å²) in [7, 11) is 7.38. The van der Waals surface area contributed by atoms with Gasteiger partial charge in [0.2, 0.25) is 0 Å². The first-order chi connectivity index (χ1) is 9.74. The lowest BCUT2D eigenvalue weighted by Crippen LogP contribution is -2.33. The van der Waals surface area contributed by atoms with E-state index in [0.29, 0.717) is 0 Å². The third kappa shape index (κ3) is 4.42. The summed E-state index contributed by atoms with van der Waals surface area (Å²) in [6, 6.07) is 3.99. The van der Waals surface area contributed by atoms with Crippen LogP contribution in [0.2, 0.25) is 0 Å². The maximum atomic E-state index is 11.8. The van der Waals surface area contributed by atoms with Crippen molar-refractivity contribution in [3.05, 3.63) is 29.3 Å². The summed E-state index contributed by atoms with van der Waals surface area (Å²) in [5, 5.41) is -2.07. The monoisotopic (exact) mass is 490 g/mol. The number of benzene rings is 1. The van der Waals surface area contributed by atoms with Crippen LogP contribution in [0.5, 0.6) is 0 Å². The summed E-state index contributed by atoms with van der Waals surface area (Å²) in [6.07, 6.45) is 0. The van der Waals surface area contributed by atoms with Crippen LogP contribution >= 0.6 is 80.3 Å². The average Bonchev–Trinajstić information content (AvgIpc) is 2.36. The predicted octanol–water partition coefficient (Wildman–Crippen LogP) is 4.34. The van der Waals surface area contributed by atoms with Gasteiger partial charge in [-0.1, -0.05) is 58.5 Å². The van der Waals surface area contributed by atoms with Crippen molar-refractivity contribution < 1.29 is 8.42 Å². The SMILES string of the molecule is O=S(=O)(Cl)c1cccc(C(Cl)(Cl)C([Si])Cl)c1C(Cl)(Cl)C([Si])Cl. The molecule has 0 amide bonds. The van der Waals surface area contributed by atoms with Gasteiger partial charge in [-0.3, -0.25) is 0 Å². The molecule has 0 aliphatic heterocycles. The van der Waals surface area contributed by atoms with Gasteiger partial charge < -0.3 is 0 Å². The standard InChI is InChI=1S/C10H5Cl7O2SSi2/c11-7(21)9(13,14)4-2-1-3-5(20(17,18)19)6(4)10(15,16)8(12)22/h1-3,7-8H. The van der Waals surface area contributed by atoms with Crippen molar-refractivity contribution in [2.45, 2.75) is 23.6 Å². The maximum absolute atomic E-state index is 11.8. The van der Waals surface area contributed by atoms with Crippen LogP contribution in [-0.4, -0.2) is 38.9 Å². The fraction of sp³-hybridized carbons (Fsp3) is 0.400. The summed E-state index contributed by atoms with van der Waals surface area (Å²) in [4.78, 5) is -0.379. The Hall–Kier alpha value is 1.63. The lowest BCUT2D eigenvalue weighted by atomic mass is 10.0. The first-order valence-corrected chi connectivity index (χ1v) is 11.1. The first kappa shape index (κ1) is 21.7. The molecule has 120 valence electrons. The molecule has 2 unspecified atom stereocenters. The molecule has 0 saturated heterocycles. The molecule has 22 heavy (non-hydrogen) atoms. The first-order valence-electron chi connectivity index (χ1n) is 5.28. The molecule has 1 aromatic rings. The normalized spacial score (nSPS) is 16.4. The van der Waals surface area contributed by atoms with Crippen molar-refractivity contribution in [1.82, 2.24) is 0 Å². The van der Waals surface area contributed by atoms with E-state index in [1.807, 2.05) is 0 Å². The highest BCUT2D eigenvalue weighted by Gasteiger charge is 2.45. The second-order valence-corrected chi connectivity index (χ2v) is 12.2. The molecule has 0 aliphatic carbocycles. The molecule has 2 nitrogen and oxygen atoms in total. The second kappa shape index (κ2) is 7.48. The molecule has 0 aliphatic rings. The predicted molar refractivity (Wildman–Crippen MR) is 97.0 cm³/mol. The van der Waals surface area contributed by atoms with Crippen molar-refractivity contribution in [3.8, 4) is 0 Å². The Bertz CT molecular complexity index is 661. The Kier molecular flexibility index (Phi) is 7.37. The Labute approximate surface area is 169 Å². The second-order valence-electron chi connectivity index (χ2n) is 4.09. The molecule has 0 bridgehead atoms. The van der Waals surface area contributed by atoms with Gasteiger partial charge in [0.05, 0.1) is 35.4 Å². The zero-order valence-electron chi connectivity index (χ0n) is 10.3. The average molecular weight is 494 g/mol. The number of halogens is 7. The Balaban J connectivity index is 3.90. The molecule has 6 radical (unpaired) electrons. The van der Waals surface area contributed by atoms with E-state index in [1.165, 1.54) is 18.2 Å². The topological polar surface area (TPSA) is 34.1 Å². The van der Waals surface area contributed by atoms with Gasteiger partial charge in [0.15, 0.2) is 8.67 Å². The Morgan fingerprint density at radius 3 is 1.77 bits per heavy atom. The van der Waals surface area contributed by atoms with Crippen molar-refractivity contribution in [1.29, 1.82) is 0 Å². The fourth-order valence-electron chi connectivity index (χ4n) is 1.62. The number of alkyl halides is 6. The van der Waals surface area contributed by atoms with Crippen LogP contribution < -0.4 is 0 Å². The minimum Gasteiger partial charge on any atom is -0.207 e. The lowest BCUT2D eigenvalue weighted by molar-refractivity contribution is 0.607. The van der Waals surface area contributed by atoms with Crippen molar-refractivity contribution in [3.63, 3.8) is 0 Å². The highest BCUT2D eigenvalue weighted by molar-refractivity contribution is 8.13. The molecule has 0 fully saturated rings. The number of hydrogen-bond acceptors (Lipinski definition) is 2. The largest absolute Gasteiger partial charge is 0.261 e. The minimum absolute atomic E-state index is 0.0430. The summed E-state index contributed by atoms with van der Waals surface area (Å²) in [5.41, 5.74) is -0.126. The molecule has 12 heteroatoms. The molecule has 2 atom stereocenters. The highest BCUT2D eigenvalue weighted by atomic mass is 35.7. The Morgan fingerprint density at radius 1 is 0.955 bits per heavy atom. The Morgan fingerprint density at radius 2 is 1.41 bits per heavy atom. The van der Waals surface area contributed by atoms with E-state index in [4.69, 9.17) is 80.3 Å². The molecule has 0 heterocycles. The van der Waals surface area contributed by atoms with Crippen molar-refractivity contribution >= 4 is 110 Å². The van der Waals surface area contributed by atoms with Crippen LogP contribution in [0.1, 0.15) is 11.1 Å². The number of hydrogen-bond donors (Lipinski definition) is 0. The van der Waals surface area contributed by atoms with E-state index in [9.17, 15) is 8.42 Å². The molecule has 0 saturated carbocycles. The number of rotatable bonds is 5. The molecular formula is C10H5Cl7O2SSi2. The smallest absolute Gasteiger partial charge is 0.207 e. The van der Waals surface area contributed by atoms with E-state index in [1.54, 1.807) is 0 Å². The minimum atomic E-state index is -4.21. The van der Waals surface area contributed by atoms with Crippen LogP contribution in [0, 0.1) is 0 Å². The highest BCUT2D eigenvalue weighted by Crippen LogP contribution is 2.50. The molecule has 0 aromatic heterocycles. The summed E-state index contributed by atoms with van der Waals surface area (Å²) in [5.74, 6) is 0. The maximum Gasteiger partial charge on any atom is 0.261 e.